The first-order chi connectivity index (χ1) is 11.0. The van der Waals surface area contributed by atoms with Gasteiger partial charge in [-0.15, -0.1) is 0 Å². The summed E-state index contributed by atoms with van der Waals surface area (Å²) in [6.07, 6.45) is 2.43. The molecular weight excluding hydrogens is 295 g/mol. The number of nitrogens with zero attached hydrogens (tertiary/aromatic N) is 2. The summed E-state index contributed by atoms with van der Waals surface area (Å²) in [5, 5.41) is 0. The van der Waals surface area contributed by atoms with E-state index in [1.165, 1.54) is 12.1 Å². The van der Waals surface area contributed by atoms with Crippen molar-refractivity contribution in [2.45, 2.75) is 31.1 Å². The highest BCUT2D eigenvalue weighted by Gasteiger charge is 2.43. The summed E-state index contributed by atoms with van der Waals surface area (Å²) in [4.78, 5) is 4.55. The van der Waals surface area contributed by atoms with Crippen LogP contribution in [-0.4, -0.2) is 68.4 Å². The molecule has 2 saturated heterocycles. The van der Waals surface area contributed by atoms with E-state index in [-0.39, 0.29) is 11.4 Å². The molecule has 0 unspecified atom stereocenters. The van der Waals surface area contributed by atoms with Gasteiger partial charge in [-0.25, -0.2) is 4.39 Å². The molecule has 128 valence electrons. The average molecular weight is 322 g/mol. The molecule has 1 aromatic carbocycles. The van der Waals surface area contributed by atoms with Crippen molar-refractivity contribution in [3.05, 3.63) is 35.6 Å². The molecule has 0 aliphatic carbocycles. The van der Waals surface area contributed by atoms with Crippen molar-refractivity contribution in [3.8, 4) is 0 Å². The van der Waals surface area contributed by atoms with Gasteiger partial charge in [0.1, 0.15) is 11.4 Å². The molecule has 2 aliphatic heterocycles. The number of halogens is 1. The van der Waals surface area contributed by atoms with Crippen molar-refractivity contribution in [2.75, 3.05) is 46.9 Å². The maximum Gasteiger partial charge on any atom is 0.123 e. The topological polar surface area (TPSA) is 24.9 Å². The quantitative estimate of drug-likeness (QED) is 0.848. The molecule has 1 aromatic rings. The van der Waals surface area contributed by atoms with Gasteiger partial charge in [-0.05, 0) is 44.6 Å². The lowest BCUT2D eigenvalue weighted by molar-refractivity contribution is -0.0902. The van der Waals surface area contributed by atoms with E-state index in [0.29, 0.717) is 12.7 Å². The van der Waals surface area contributed by atoms with Gasteiger partial charge in [0.15, 0.2) is 0 Å². The van der Waals surface area contributed by atoms with Crippen LogP contribution >= 0.6 is 0 Å². The minimum Gasteiger partial charge on any atom is -0.377 e. The second-order valence-corrected chi connectivity index (χ2v) is 7.11. The number of hydrogen-bond donors (Lipinski definition) is 0. The fourth-order valence-electron chi connectivity index (χ4n) is 3.62. The Hall–Kier alpha value is -1.01. The maximum atomic E-state index is 13.1. The predicted molar refractivity (Wildman–Crippen MR) is 87.9 cm³/mol. The van der Waals surface area contributed by atoms with Crippen LogP contribution in [0.1, 0.15) is 18.4 Å². The molecular formula is C18H27FN2O2. The Balaban J connectivity index is 1.63. The third-order valence-electron chi connectivity index (χ3n) is 4.66. The van der Waals surface area contributed by atoms with E-state index in [0.717, 1.165) is 51.2 Å². The Morgan fingerprint density at radius 3 is 2.83 bits per heavy atom. The Bertz CT molecular complexity index is 508. The Morgan fingerprint density at radius 2 is 2.09 bits per heavy atom. The normalized spacial score (nSPS) is 29.3. The Labute approximate surface area is 138 Å². The van der Waals surface area contributed by atoms with Crippen LogP contribution < -0.4 is 0 Å². The van der Waals surface area contributed by atoms with Crippen LogP contribution in [0.5, 0.6) is 0 Å². The minimum atomic E-state index is -0.185. The molecule has 2 heterocycles. The zero-order valence-corrected chi connectivity index (χ0v) is 14.1. The number of hydrogen-bond acceptors (Lipinski definition) is 4. The van der Waals surface area contributed by atoms with Crippen molar-refractivity contribution < 1.29 is 13.9 Å². The van der Waals surface area contributed by atoms with Gasteiger partial charge < -0.3 is 14.4 Å². The number of benzene rings is 1. The lowest BCUT2D eigenvalue weighted by Crippen LogP contribution is -2.45. The van der Waals surface area contributed by atoms with E-state index in [1.54, 1.807) is 0 Å². The third-order valence-corrected chi connectivity index (χ3v) is 4.66. The van der Waals surface area contributed by atoms with Crippen molar-refractivity contribution in [2.24, 2.45) is 0 Å². The highest BCUT2D eigenvalue weighted by molar-refractivity contribution is 5.16. The minimum absolute atomic E-state index is 0.183. The number of ether oxygens (including phenoxy) is 2. The van der Waals surface area contributed by atoms with E-state index in [2.05, 4.69) is 23.9 Å². The number of likely N-dealkylation sites (N-methyl/N-ethyl adjacent to an activating group) is 1. The van der Waals surface area contributed by atoms with Crippen molar-refractivity contribution in [1.82, 2.24) is 9.80 Å². The fourth-order valence-corrected chi connectivity index (χ4v) is 3.62. The largest absolute Gasteiger partial charge is 0.377 e. The molecule has 0 amide bonds. The van der Waals surface area contributed by atoms with E-state index in [1.807, 2.05) is 12.1 Å². The summed E-state index contributed by atoms with van der Waals surface area (Å²) < 4.78 is 25.3. The van der Waals surface area contributed by atoms with Gasteiger partial charge in [-0.2, -0.15) is 0 Å². The van der Waals surface area contributed by atoms with Gasteiger partial charge in [-0.3, -0.25) is 4.90 Å². The zero-order chi connectivity index (χ0) is 16.3. The van der Waals surface area contributed by atoms with Crippen LogP contribution in [0.4, 0.5) is 4.39 Å². The van der Waals surface area contributed by atoms with E-state index >= 15 is 0 Å². The first-order valence-corrected chi connectivity index (χ1v) is 8.42. The highest BCUT2D eigenvalue weighted by Crippen LogP contribution is 2.33. The summed E-state index contributed by atoms with van der Waals surface area (Å²) in [6, 6.07) is 6.77. The predicted octanol–water partition coefficient (Wildman–Crippen LogP) is 2.14. The van der Waals surface area contributed by atoms with Gasteiger partial charge in [0.2, 0.25) is 0 Å². The highest BCUT2D eigenvalue weighted by atomic mass is 19.1. The molecule has 5 heteroatoms. The molecule has 0 bridgehead atoms. The summed E-state index contributed by atoms with van der Waals surface area (Å²) in [5.41, 5.74) is 0.947. The molecule has 0 aromatic heterocycles. The summed E-state index contributed by atoms with van der Waals surface area (Å²) >= 11 is 0. The van der Waals surface area contributed by atoms with Crippen LogP contribution in [0.15, 0.2) is 24.3 Å². The maximum absolute atomic E-state index is 13.1. The SMILES string of the molecule is CN(C)C[C@@H]1CC[C@@]2(COCCN(Cc3ccc(F)cc3)C2)O1. The van der Waals surface area contributed by atoms with Crippen LogP contribution in [0.3, 0.4) is 0 Å². The standard InChI is InChI=1S/C18H27FN2O2/c1-20(2)12-17-7-8-18(23-17)13-21(9-10-22-14-18)11-15-3-5-16(19)6-4-15/h3-6,17H,7-14H2,1-2H3/t17-,18+/m0/s1. The third kappa shape index (κ3) is 4.51. The van der Waals surface area contributed by atoms with E-state index in [4.69, 9.17) is 9.47 Å². The van der Waals surface area contributed by atoms with Gasteiger partial charge in [0.05, 0.1) is 19.3 Å². The molecule has 2 atom stereocenters. The van der Waals surface area contributed by atoms with Gasteiger partial charge in [-0.1, -0.05) is 12.1 Å². The number of rotatable bonds is 4. The van der Waals surface area contributed by atoms with Gasteiger partial charge in [0, 0.05) is 26.2 Å². The molecule has 0 N–H and O–H groups in total. The van der Waals surface area contributed by atoms with E-state index < -0.39 is 0 Å². The lowest BCUT2D eigenvalue weighted by atomic mass is 9.99. The molecule has 0 saturated carbocycles. The Morgan fingerprint density at radius 1 is 1.30 bits per heavy atom. The molecule has 3 rings (SSSR count). The molecule has 2 fully saturated rings. The Kier molecular flexibility index (Phi) is 5.31. The summed E-state index contributed by atoms with van der Waals surface area (Å²) in [5.74, 6) is -0.185. The molecule has 1 spiro atoms. The van der Waals surface area contributed by atoms with Gasteiger partial charge >= 0.3 is 0 Å². The molecule has 23 heavy (non-hydrogen) atoms. The van der Waals surface area contributed by atoms with Crippen LogP contribution in [0.2, 0.25) is 0 Å². The fraction of sp³-hybridized carbons (Fsp3) is 0.667. The van der Waals surface area contributed by atoms with Crippen molar-refractivity contribution in [3.63, 3.8) is 0 Å². The van der Waals surface area contributed by atoms with Gasteiger partial charge in [0.25, 0.3) is 0 Å². The second kappa shape index (κ2) is 7.26. The lowest BCUT2D eigenvalue weighted by Gasteiger charge is -2.32. The second-order valence-electron chi connectivity index (χ2n) is 7.11. The monoisotopic (exact) mass is 322 g/mol. The van der Waals surface area contributed by atoms with Crippen molar-refractivity contribution >= 4 is 0 Å². The summed E-state index contributed by atoms with van der Waals surface area (Å²) in [7, 11) is 4.16. The first-order valence-electron chi connectivity index (χ1n) is 8.42. The molecule has 2 aliphatic rings. The molecule has 0 radical (unpaired) electrons. The average Bonchev–Trinajstić information content (AvgIpc) is 2.76. The van der Waals surface area contributed by atoms with Crippen LogP contribution in [0.25, 0.3) is 0 Å². The first kappa shape index (κ1) is 16.8. The summed E-state index contributed by atoms with van der Waals surface area (Å²) in [6.45, 7) is 4.95. The van der Waals surface area contributed by atoms with Crippen LogP contribution in [-0.2, 0) is 16.0 Å². The van der Waals surface area contributed by atoms with Crippen LogP contribution in [0, 0.1) is 5.82 Å². The molecule has 4 nitrogen and oxygen atoms in total. The zero-order valence-electron chi connectivity index (χ0n) is 14.1. The smallest absolute Gasteiger partial charge is 0.123 e. The van der Waals surface area contributed by atoms with E-state index in [9.17, 15) is 4.39 Å². The van der Waals surface area contributed by atoms with Crippen molar-refractivity contribution in [1.29, 1.82) is 0 Å².